The third-order valence-electron chi connectivity index (χ3n) is 1.65. The Hall–Kier alpha value is -0.930. The van der Waals surface area contributed by atoms with Crippen molar-refractivity contribution in [3.05, 3.63) is 12.2 Å². The number of carbonyl (C=O) groups excluding carboxylic acids is 1. The Kier molecular flexibility index (Phi) is 2.45. The van der Waals surface area contributed by atoms with E-state index >= 15 is 0 Å². The fraction of sp³-hybridized carbons (Fsp3) is 0.625. The lowest BCUT2D eigenvalue weighted by atomic mass is 10.1. The summed E-state index contributed by atoms with van der Waals surface area (Å²) >= 11 is 0. The highest BCUT2D eigenvalue weighted by atomic mass is 19.3. The van der Waals surface area contributed by atoms with Crippen molar-refractivity contribution in [2.24, 2.45) is 0 Å². The summed E-state index contributed by atoms with van der Waals surface area (Å²) in [5.41, 5.74) is 0. The second-order valence-corrected chi connectivity index (χ2v) is 2.86. The standard InChI is InChI=1S/C8H11F2NO/c1-2-3-4-7(12)11-5-8(9,10)6-11/h3-4H,2,5-6H2,1H3/b4-3-. The molecule has 1 rings (SSSR count). The van der Waals surface area contributed by atoms with Crippen LogP contribution in [0.4, 0.5) is 8.78 Å². The van der Waals surface area contributed by atoms with E-state index in [0.717, 1.165) is 11.3 Å². The molecule has 4 heteroatoms. The summed E-state index contributed by atoms with van der Waals surface area (Å²) < 4.78 is 24.5. The van der Waals surface area contributed by atoms with Crippen molar-refractivity contribution >= 4 is 5.91 Å². The predicted octanol–water partition coefficient (Wildman–Crippen LogP) is 1.43. The van der Waals surface area contributed by atoms with E-state index < -0.39 is 19.0 Å². The second-order valence-electron chi connectivity index (χ2n) is 2.86. The molecule has 0 atom stereocenters. The fourth-order valence-corrected chi connectivity index (χ4v) is 0.992. The van der Waals surface area contributed by atoms with Crippen molar-refractivity contribution in [2.75, 3.05) is 13.1 Å². The van der Waals surface area contributed by atoms with Crippen molar-refractivity contribution in [2.45, 2.75) is 19.3 Å². The molecule has 1 aliphatic rings. The van der Waals surface area contributed by atoms with Crippen molar-refractivity contribution < 1.29 is 13.6 Å². The molecule has 0 aromatic rings. The average Bonchev–Trinajstić information content (AvgIpc) is 1.95. The SMILES string of the molecule is CC/C=C\C(=O)N1CC(F)(F)C1. The van der Waals surface area contributed by atoms with Crippen molar-refractivity contribution in [1.82, 2.24) is 4.90 Å². The molecule has 0 bridgehead atoms. The zero-order valence-electron chi connectivity index (χ0n) is 6.89. The lowest BCUT2D eigenvalue weighted by Gasteiger charge is -2.37. The number of amides is 1. The van der Waals surface area contributed by atoms with Gasteiger partial charge in [-0.1, -0.05) is 13.0 Å². The van der Waals surface area contributed by atoms with Crippen LogP contribution in [0, 0.1) is 0 Å². The quantitative estimate of drug-likeness (QED) is 0.581. The van der Waals surface area contributed by atoms with Crippen LogP contribution < -0.4 is 0 Å². The van der Waals surface area contributed by atoms with Crippen molar-refractivity contribution in [1.29, 1.82) is 0 Å². The van der Waals surface area contributed by atoms with Crippen LogP contribution in [0.25, 0.3) is 0 Å². The summed E-state index contributed by atoms with van der Waals surface area (Å²) in [6.45, 7) is 1.02. The Balaban J connectivity index is 2.33. The Morgan fingerprint density at radius 1 is 1.58 bits per heavy atom. The zero-order chi connectivity index (χ0) is 9.19. The van der Waals surface area contributed by atoms with Gasteiger partial charge in [0.15, 0.2) is 0 Å². The Morgan fingerprint density at radius 2 is 2.17 bits per heavy atom. The van der Waals surface area contributed by atoms with Crippen LogP contribution >= 0.6 is 0 Å². The van der Waals surface area contributed by atoms with Gasteiger partial charge in [0.05, 0.1) is 13.1 Å². The molecule has 1 fully saturated rings. The summed E-state index contributed by atoms with van der Waals surface area (Å²) in [6.07, 6.45) is 3.75. The number of carbonyl (C=O) groups is 1. The molecule has 68 valence electrons. The summed E-state index contributed by atoms with van der Waals surface area (Å²) in [7, 11) is 0. The first-order chi connectivity index (χ1) is 5.55. The number of nitrogens with zero attached hydrogens (tertiary/aromatic N) is 1. The molecule has 0 aliphatic carbocycles. The Bertz CT molecular complexity index is 205. The lowest BCUT2D eigenvalue weighted by Crippen LogP contribution is -2.58. The molecular weight excluding hydrogens is 164 g/mol. The molecule has 0 radical (unpaired) electrons. The van der Waals surface area contributed by atoms with E-state index in [1.54, 1.807) is 6.08 Å². The van der Waals surface area contributed by atoms with E-state index in [0.29, 0.717) is 0 Å². The second kappa shape index (κ2) is 3.21. The van der Waals surface area contributed by atoms with Crippen molar-refractivity contribution in [3.63, 3.8) is 0 Å². The van der Waals surface area contributed by atoms with Crippen LogP contribution in [0.3, 0.4) is 0 Å². The molecule has 1 amide bonds. The molecule has 0 unspecified atom stereocenters. The van der Waals surface area contributed by atoms with Gasteiger partial charge in [-0.25, -0.2) is 8.78 Å². The number of alkyl halides is 2. The third-order valence-corrected chi connectivity index (χ3v) is 1.65. The van der Waals surface area contributed by atoms with Gasteiger partial charge in [-0.15, -0.1) is 0 Å². The number of rotatable bonds is 2. The smallest absolute Gasteiger partial charge is 0.282 e. The molecule has 0 N–H and O–H groups in total. The number of likely N-dealkylation sites (tertiary alicyclic amines) is 1. The van der Waals surface area contributed by atoms with Gasteiger partial charge in [0.2, 0.25) is 5.91 Å². The first-order valence-electron chi connectivity index (χ1n) is 3.88. The lowest BCUT2D eigenvalue weighted by molar-refractivity contribution is -0.160. The van der Waals surface area contributed by atoms with Crippen LogP contribution in [0.5, 0.6) is 0 Å². The maximum absolute atomic E-state index is 12.3. The van der Waals surface area contributed by atoms with Gasteiger partial charge in [0, 0.05) is 0 Å². The molecule has 1 aliphatic heterocycles. The highest BCUT2D eigenvalue weighted by Crippen LogP contribution is 2.26. The number of allylic oxidation sites excluding steroid dienone is 1. The van der Waals surface area contributed by atoms with Gasteiger partial charge < -0.3 is 4.90 Å². The molecule has 0 aromatic heterocycles. The number of halogens is 2. The average molecular weight is 175 g/mol. The molecular formula is C8H11F2NO. The molecule has 0 spiro atoms. The van der Waals surface area contributed by atoms with Crippen LogP contribution in [0.1, 0.15) is 13.3 Å². The van der Waals surface area contributed by atoms with E-state index in [1.807, 2.05) is 6.92 Å². The Morgan fingerprint density at radius 3 is 2.58 bits per heavy atom. The molecule has 12 heavy (non-hydrogen) atoms. The van der Waals surface area contributed by atoms with Crippen LogP contribution in [0.2, 0.25) is 0 Å². The van der Waals surface area contributed by atoms with Gasteiger partial charge in [-0.05, 0) is 12.5 Å². The maximum atomic E-state index is 12.3. The van der Waals surface area contributed by atoms with Crippen LogP contribution in [-0.4, -0.2) is 29.8 Å². The van der Waals surface area contributed by atoms with Crippen LogP contribution in [0.15, 0.2) is 12.2 Å². The summed E-state index contributed by atoms with van der Waals surface area (Å²) in [5, 5.41) is 0. The summed E-state index contributed by atoms with van der Waals surface area (Å²) in [4.78, 5) is 12.1. The van der Waals surface area contributed by atoms with Gasteiger partial charge >= 0.3 is 0 Å². The monoisotopic (exact) mass is 175 g/mol. The van der Waals surface area contributed by atoms with E-state index in [-0.39, 0.29) is 5.91 Å². The highest BCUT2D eigenvalue weighted by Gasteiger charge is 2.45. The molecule has 2 nitrogen and oxygen atoms in total. The number of hydrogen-bond acceptors (Lipinski definition) is 1. The summed E-state index contributed by atoms with van der Waals surface area (Å²) in [6, 6.07) is 0. The topological polar surface area (TPSA) is 20.3 Å². The third kappa shape index (κ3) is 2.03. The molecule has 1 heterocycles. The first-order valence-corrected chi connectivity index (χ1v) is 3.88. The van der Waals surface area contributed by atoms with E-state index in [4.69, 9.17) is 0 Å². The molecule has 0 aromatic carbocycles. The summed E-state index contributed by atoms with van der Waals surface area (Å²) in [5.74, 6) is -2.97. The number of hydrogen-bond donors (Lipinski definition) is 0. The zero-order valence-corrected chi connectivity index (χ0v) is 6.89. The molecule has 0 saturated carbocycles. The van der Waals surface area contributed by atoms with Gasteiger partial charge in [0.1, 0.15) is 0 Å². The van der Waals surface area contributed by atoms with E-state index in [2.05, 4.69) is 0 Å². The van der Waals surface area contributed by atoms with Gasteiger partial charge in [-0.2, -0.15) is 0 Å². The van der Waals surface area contributed by atoms with Crippen molar-refractivity contribution in [3.8, 4) is 0 Å². The molecule has 1 saturated heterocycles. The maximum Gasteiger partial charge on any atom is 0.282 e. The minimum atomic E-state index is -2.66. The van der Waals surface area contributed by atoms with E-state index in [1.165, 1.54) is 6.08 Å². The largest absolute Gasteiger partial charge is 0.327 e. The normalized spacial score (nSPS) is 21.1. The van der Waals surface area contributed by atoms with Crippen LogP contribution in [-0.2, 0) is 4.79 Å². The predicted molar refractivity (Wildman–Crippen MR) is 41.0 cm³/mol. The minimum absolute atomic E-state index is 0.317. The van der Waals surface area contributed by atoms with E-state index in [9.17, 15) is 13.6 Å². The Labute approximate surface area is 69.9 Å². The first kappa shape index (κ1) is 9.16. The van der Waals surface area contributed by atoms with Gasteiger partial charge in [-0.3, -0.25) is 4.79 Å². The highest BCUT2D eigenvalue weighted by molar-refractivity contribution is 5.88. The minimum Gasteiger partial charge on any atom is -0.327 e. The fourth-order valence-electron chi connectivity index (χ4n) is 0.992. The van der Waals surface area contributed by atoms with Gasteiger partial charge in [0.25, 0.3) is 5.92 Å².